The highest BCUT2D eigenvalue weighted by atomic mass is 14.6. The molecule has 1 atom stereocenters. The fourth-order valence-corrected chi connectivity index (χ4v) is 3.65. The van der Waals surface area contributed by atoms with Crippen LogP contribution in [-0.4, -0.2) is 0 Å². The number of hydrogen-bond donors (Lipinski definition) is 1. The predicted molar refractivity (Wildman–Crippen MR) is 110 cm³/mol. The number of unbranched alkanes of at least 4 members (excludes halogenated alkanes) is 4. The van der Waals surface area contributed by atoms with Crippen LogP contribution in [0.25, 0.3) is 21.9 Å². The van der Waals surface area contributed by atoms with Gasteiger partial charge < -0.3 is 5.73 Å². The molecule has 0 heterocycles. The minimum absolute atomic E-state index is 0.108. The maximum absolute atomic E-state index is 6.59. The van der Waals surface area contributed by atoms with Gasteiger partial charge in [-0.25, -0.2) is 0 Å². The molecule has 0 fully saturated rings. The van der Waals surface area contributed by atoms with E-state index < -0.39 is 0 Å². The number of nitrogens with two attached hydrogens (primary N) is 1. The van der Waals surface area contributed by atoms with Gasteiger partial charge in [-0.2, -0.15) is 0 Å². The van der Waals surface area contributed by atoms with Crippen LogP contribution in [0.4, 0.5) is 0 Å². The molecule has 3 aromatic rings. The van der Waals surface area contributed by atoms with E-state index in [-0.39, 0.29) is 6.04 Å². The SMILES string of the molecule is CCCCCCCC(N)c1ccccc1-c1cccc2ccccc12. The zero-order valence-electron chi connectivity index (χ0n) is 15.2. The van der Waals surface area contributed by atoms with E-state index in [9.17, 15) is 0 Å². The van der Waals surface area contributed by atoms with Crippen molar-refractivity contribution in [2.45, 2.75) is 51.5 Å². The Morgan fingerprint density at radius 1 is 0.720 bits per heavy atom. The zero-order chi connectivity index (χ0) is 17.5. The standard InChI is InChI=1S/C24H29N/c1-2-3-4-5-6-18-24(25)23-16-10-9-15-22(23)21-17-11-13-19-12-7-8-14-20(19)21/h7-17,24H,2-6,18,25H2,1H3. The lowest BCUT2D eigenvalue weighted by Crippen LogP contribution is -2.11. The van der Waals surface area contributed by atoms with Crippen molar-refractivity contribution in [3.8, 4) is 11.1 Å². The summed E-state index contributed by atoms with van der Waals surface area (Å²) in [5.74, 6) is 0. The molecule has 0 saturated carbocycles. The van der Waals surface area contributed by atoms with E-state index >= 15 is 0 Å². The minimum atomic E-state index is 0.108. The predicted octanol–water partition coefficient (Wildman–Crippen LogP) is 6.87. The molecule has 130 valence electrons. The molecule has 0 amide bonds. The summed E-state index contributed by atoms with van der Waals surface area (Å²) in [6.07, 6.45) is 7.51. The van der Waals surface area contributed by atoms with Gasteiger partial charge in [-0.1, -0.05) is 106 Å². The first-order valence-electron chi connectivity index (χ1n) is 9.64. The molecular weight excluding hydrogens is 302 g/mol. The monoisotopic (exact) mass is 331 g/mol. The van der Waals surface area contributed by atoms with Gasteiger partial charge in [-0.15, -0.1) is 0 Å². The Labute approximate surface area is 151 Å². The molecule has 0 aliphatic heterocycles. The van der Waals surface area contributed by atoms with Crippen LogP contribution in [0.15, 0.2) is 66.7 Å². The lowest BCUT2D eigenvalue weighted by Gasteiger charge is -2.18. The summed E-state index contributed by atoms with van der Waals surface area (Å²) in [4.78, 5) is 0. The van der Waals surface area contributed by atoms with Crippen LogP contribution >= 0.6 is 0 Å². The average molecular weight is 332 g/mol. The van der Waals surface area contributed by atoms with Gasteiger partial charge in [0.1, 0.15) is 0 Å². The summed E-state index contributed by atoms with van der Waals surface area (Å²) in [5.41, 5.74) is 10.4. The second-order valence-corrected chi connectivity index (χ2v) is 6.92. The van der Waals surface area contributed by atoms with Crippen LogP contribution in [0.5, 0.6) is 0 Å². The van der Waals surface area contributed by atoms with Crippen molar-refractivity contribution >= 4 is 10.8 Å². The molecule has 1 heteroatoms. The molecule has 0 spiro atoms. The summed E-state index contributed by atoms with van der Waals surface area (Å²) < 4.78 is 0. The molecule has 3 aromatic carbocycles. The van der Waals surface area contributed by atoms with Crippen molar-refractivity contribution in [2.24, 2.45) is 5.73 Å². The second-order valence-electron chi connectivity index (χ2n) is 6.92. The number of fused-ring (bicyclic) bond motifs is 1. The first-order chi connectivity index (χ1) is 12.3. The maximum atomic E-state index is 6.59. The lowest BCUT2D eigenvalue weighted by molar-refractivity contribution is 0.556. The number of benzene rings is 3. The summed E-state index contributed by atoms with van der Waals surface area (Å²) in [6.45, 7) is 2.26. The van der Waals surface area contributed by atoms with Crippen LogP contribution in [0.2, 0.25) is 0 Å². The molecular formula is C24H29N. The van der Waals surface area contributed by atoms with Crippen LogP contribution < -0.4 is 5.73 Å². The van der Waals surface area contributed by atoms with Crippen molar-refractivity contribution in [1.82, 2.24) is 0 Å². The van der Waals surface area contributed by atoms with Gasteiger partial charge in [0.25, 0.3) is 0 Å². The van der Waals surface area contributed by atoms with E-state index in [1.807, 2.05) is 0 Å². The Balaban J connectivity index is 1.85. The Kier molecular flexibility index (Phi) is 6.25. The molecule has 1 unspecified atom stereocenters. The first-order valence-corrected chi connectivity index (χ1v) is 9.64. The summed E-state index contributed by atoms with van der Waals surface area (Å²) in [6, 6.07) is 23.9. The molecule has 0 radical (unpaired) electrons. The average Bonchev–Trinajstić information content (AvgIpc) is 2.67. The fourth-order valence-electron chi connectivity index (χ4n) is 3.65. The van der Waals surface area contributed by atoms with E-state index in [0.29, 0.717) is 0 Å². The number of hydrogen-bond acceptors (Lipinski definition) is 1. The summed E-state index contributed by atoms with van der Waals surface area (Å²) in [7, 11) is 0. The highest BCUT2D eigenvalue weighted by Gasteiger charge is 2.13. The van der Waals surface area contributed by atoms with Crippen molar-refractivity contribution in [2.75, 3.05) is 0 Å². The highest BCUT2D eigenvalue weighted by Crippen LogP contribution is 2.34. The van der Waals surface area contributed by atoms with Crippen molar-refractivity contribution < 1.29 is 0 Å². The maximum Gasteiger partial charge on any atom is 0.0301 e. The molecule has 25 heavy (non-hydrogen) atoms. The van der Waals surface area contributed by atoms with Gasteiger partial charge in [0.05, 0.1) is 0 Å². The molecule has 0 aliphatic rings. The van der Waals surface area contributed by atoms with Crippen LogP contribution in [0.3, 0.4) is 0 Å². The smallest absolute Gasteiger partial charge is 0.0301 e. The van der Waals surface area contributed by atoms with Gasteiger partial charge in [-0.05, 0) is 33.9 Å². The Bertz CT molecular complexity index is 801. The second kappa shape index (κ2) is 8.82. The molecule has 3 rings (SSSR count). The third-order valence-corrected chi connectivity index (χ3v) is 5.06. The van der Waals surface area contributed by atoms with Crippen molar-refractivity contribution in [3.05, 3.63) is 72.3 Å². The van der Waals surface area contributed by atoms with Crippen LogP contribution in [-0.2, 0) is 0 Å². The van der Waals surface area contributed by atoms with Crippen LogP contribution in [0, 0.1) is 0 Å². The minimum Gasteiger partial charge on any atom is -0.324 e. The summed E-state index contributed by atoms with van der Waals surface area (Å²) in [5, 5.41) is 2.58. The van der Waals surface area contributed by atoms with Crippen LogP contribution in [0.1, 0.15) is 57.1 Å². The molecule has 0 bridgehead atoms. The number of rotatable bonds is 8. The Hall–Kier alpha value is -2.12. The van der Waals surface area contributed by atoms with E-state index in [1.165, 1.54) is 59.6 Å². The highest BCUT2D eigenvalue weighted by molar-refractivity contribution is 5.97. The van der Waals surface area contributed by atoms with Crippen molar-refractivity contribution in [1.29, 1.82) is 0 Å². The quantitative estimate of drug-likeness (QED) is 0.448. The van der Waals surface area contributed by atoms with E-state index in [0.717, 1.165) is 6.42 Å². The van der Waals surface area contributed by atoms with E-state index in [1.54, 1.807) is 0 Å². The van der Waals surface area contributed by atoms with Gasteiger partial charge in [0.2, 0.25) is 0 Å². The topological polar surface area (TPSA) is 26.0 Å². The molecule has 0 saturated heterocycles. The third kappa shape index (κ3) is 4.29. The molecule has 1 nitrogen and oxygen atoms in total. The largest absolute Gasteiger partial charge is 0.324 e. The Morgan fingerprint density at radius 2 is 1.40 bits per heavy atom. The summed E-state index contributed by atoms with van der Waals surface area (Å²) >= 11 is 0. The molecule has 0 aliphatic carbocycles. The fraction of sp³-hybridized carbons (Fsp3) is 0.333. The van der Waals surface area contributed by atoms with Gasteiger partial charge in [0, 0.05) is 6.04 Å². The van der Waals surface area contributed by atoms with Gasteiger partial charge in [-0.3, -0.25) is 0 Å². The Morgan fingerprint density at radius 3 is 2.28 bits per heavy atom. The first kappa shape index (κ1) is 17.7. The molecule has 2 N–H and O–H groups in total. The van der Waals surface area contributed by atoms with Gasteiger partial charge in [0.15, 0.2) is 0 Å². The lowest BCUT2D eigenvalue weighted by atomic mass is 9.90. The zero-order valence-corrected chi connectivity index (χ0v) is 15.2. The molecule has 0 aromatic heterocycles. The van der Waals surface area contributed by atoms with Crippen molar-refractivity contribution in [3.63, 3.8) is 0 Å². The van der Waals surface area contributed by atoms with E-state index in [4.69, 9.17) is 5.73 Å². The van der Waals surface area contributed by atoms with E-state index in [2.05, 4.69) is 73.7 Å². The normalized spacial score (nSPS) is 12.4. The third-order valence-electron chi connectivity index (χ3n) is 5.06. The van der Waals surface area contributed by atoms with Gasteiger partial charge >= 0.3 is 0 Å².